The van der Waals surface area contributed by atoms with Crippen molar-refractivity contribution in [2.45, 2.75) is 31.7 Å². The molecule has 0 saturated carbocycles. The summed E-state index contributed by atoms with van der Waals surface area (Å²) >= 11 is 1.46. The Morgan fingerprint density at radius 1 is 1.26 bits per heavy atom. The summed E-state index contributed by atoms with van der Waals surface area (Å²) in [7, 11) is 0. The fourth-order valence-corrected chi connectivity index (χ4v) is 3.67. The topological polar surface area (TPSA) is 59.2 Å². The predicted molar refractivity (Wildman–Crippen MR) is 96.2 cm³/mol. The molecule has 0 radical (unpaired) electrons. The van der Waals surface area contributed by atoms with Gasteiger partial charge in [-0.2, -0.15) is 0 Å². The molecule has 1 amide bonds. The molecule has 0 bridgehead atoms. The Bertz CT molecular complexity index is 632. The third-order valence-corrected chi connectivity index (χ3v) is 5.10. The van der Waals surface area contributed by atoms with Crippen LogP contribution in [-0.2, 0) is 6.54 Å². The zero-order valence-electron chi connectivity index (χ0n) is 13.0. The second kappa shape index (κ2) is 8.43. The molecule has 1 atom stereocenters. The van der Waals surface area contributed by atoms with Crippen molar-refractivity contribution in [2.24, 2.45) is 5.73 Å². The van der Waals surface area contributed by atoms with Gasteiger partial charge in [0, 0.05) is 25.0 Å². The van der Waals surface area contributed by atoms with Gasteiger partial charge in [-0.15, -0.1) is 23.7 Å². The normalized spacial score (nSPS) is 18.1. The van der Waals surface area contributed by atoms with Crippen molar-refractivity contribution in [3.63, 3.8) is 0 Å². The van der Waals surface area contributed by atoms with Gasteiger partial charge in [-0.05, 0) is 30.7 Å². The number of nitrogens with zero attached hydrogens (tertiary/aromatic N) is 2. The van der Waals surface area contributed by atoms with Gasteiger partial charge in [0.1, 0.15) is 10.7 Å². The van der Waals surface area contributed by atoms with Crippen LogP contribution in [0.1, 0.15) is 46.2 Å². The molecule has 1 aromatic carbocycles. The van der Waals surface area contributed by atoms with E-state index in [1.165, 1.54) is 16.9 Å². The van der Waals surface area contributed by atoms with E-state index in [0.29, 0.717) is 18.2 Å². The average Bonchev–Trinajstić information content (AvgIpc) is 2.92. The highest BCUT2D eigenvalue weighted by Crippen LogP contribution is 2.28. The standard InChI is InChI=1S/C17H21N3OS.ClH/c18-11-16-19-15(12-22-16)17(21)20-9-4-7-14(8-10-20)13-5-2-1-3-6-13;/h1-3,5-6,12,14H,4,7-11,18H2;1H. The van der Waals surface area contributed by atoms with Crippen LogP contribution in [-0.4, -0.2) is 28.9 Å². The minimum absolute atomic E-state index is 0. The van der Waals surface area contributed by atoms with Gasteiger partial charge in [-0.25, -0.2) is 4.98 Å². The van der Waals surface area contributed by atoms with Gasteiger partial charge < -0.3 is 10.6 Å². The summed E-state index contributed by atoms with van der Waals surface area (Å²) in [5, 5.41) is 2.64. The van der Waals surface area contributed by atoms with Crippen LogP contribution in [0.5, 0.6) is 0 Å². The molecule has 124 valence electrons. The van der Waals surface area contributed by atoms with Crippen LogP contribution in [0.2, 0.25) is 0 Å². The number of benzene rings is 1. The molecule has 1 aliphatic heterocycles. The molecule has 2 N–H and O–H groups in total. The van der Waals surface area contributed by atoms with Crippen LogP contribution in [0.3, 0.4) is 0 Å². The van der Waals surface area contributed by atoms with Crippen molar-refractivity contribution in [2.75, 3.05) is 13.1 Å². The number of aromatic nitrogens is 1. The van der Waals surface area contributed by atoms with Gasteiger partial charge in [0.05, 0.1) is 0 Å². The number of nitrogens with two attached hydrogens (primary N) is 1. The number of thiazole rings is 1. The molecule has 1 aliphatic rings. The minimum Gasteiger partial charge on any atom is -0.337 e. The summed E-state index contributed by atoms with van der Waals surface area (Å²) in [6.45, 7) is 2.01. The van der Waals surface area contributed by atoms with Crippen LogP contribution in [0, 0.1) is 0 Å². The Hall–Kier alpha value is -1.43. The van der Waals surface area contributed by atoms with Crippen LogP contribution in [0.25, 0.3) is 0 Å². The lowest BCUT2D eigenvalue weighted by Crippen LogP contribution is -2.32. The maximum Gasteiger partial charge on any atom is 0.273 e. The summed E-state index contributed by atoms with van der Waals surface area (Å²) in [5.41, 5.74) is 7.50. The highest BCUT2D eigenvalue weighted by Gasteiger charge is 2.23. The van der Waals surface area contributed by atoms with Crippen LogP contribution < -0.4 is 5.73 Å². The predicted octanol–water partition coefficient (Wildman–Crippen LogP) is 3.43. The van der Waals surface area contributed by atoms with Crippen LogP contribution in [0.4, 0.5) is 0 Å². The minimum atomic E-state index is 0. The number of carbonyl (C=O) groups is 1. The van der Waals surface area contributed by atoms with Crippen molar-refractivity contribution in [3.05, 3.63) is 52.0 Å². The van der Waals surface area contributed by atoms with E-state index >= 15 is 0 Å². The fourth-order valence-electron chi connectivity index (χ4n) is 3.02. The summed E-state index contributed by atoms with van der Waals surface area (Å²) < 4.78 is 0. The number of likely N-dealkylation sites (tertiary alicyclic amines) is 1. The first-order valence-electron chi connectivity index (χ1n) is 7.76. The zero-order chi connectivity index (χ0) is 15.4. The number of halogens is 1. The maximum absolute atomic E-state index is 12.6. The van der Waals surface area contributed by atoms with Crippen molar-refractivity contribution in [1.82, 2.24) is 9.88 Å². The molecule has 23 heavy (non-hydrogen) atoms. The van der Waals surface area contributed by atoms with Crippen LogP contribution in [0.15, 0.2) is 35.7 Å². The lowest BCUT2D eigenvalue weighted by molar-refractivity contribution is 0.0756. The Balaban J connectivity index is 0.00000192. The van der Waals surface area contributed by atoms with Crippen molar-refractivity contribution >= 4 is 29.7 Å². The fraction of sp³-hybridized carbons (Fsp3) is 0.412. The number of hydrogen-bond donors (Lipinski definition) is 1. The van der Waals surface area contributed by atoms with E-state index in [0.717, 1.165) is 37.4 Å². The summed E-state index contributed by atoms with van der Waals surface area (Å²) in [6, 6.07) is 10.6. The number of rotatable bonds is 3. The number of carbonyl (C=O) groups excluding carboxylic acids is 1. The molecular weight excluding hydrogens is 330 g/mol. The van der Waals surface area contributed by atoms with Crippen molar-refractivity contribution < 1.29 is 4.79 Å². The number of amides is 1. The van der Waals surface area contributed by atoms with E-state index in [2.05, 4.69) is 29.2 Å². The molecule has 1 fully saturated rings. The van der Waals surface area contributed by atoms with Crippen molar-refractivity contribution in [1.29, 1.82) is 0 Å². The van der Waals surface area contributed by atoms with Crippen molar-refractivity contribution in [3.8, 4) is 0 Å². The Labute approximate surface area is 147 Å². The van der Waals surface area contributed by atoms with Gasteiger partial charge in [0.2, 0.25) is 0 Å². The third kappa shape index (κ3) is 4.31. The quantitative estimate of drug-likeness (QED) is 0.921. The molecule has 1 aromatic heterocycles. The highest BCUT2D eigenvalue weighted by molar-refractivity contribution is 7.09. The Morgan fingerprint density at radius 3 is 2.74 bits per heavy atom. The van der Waals surface area contributed by atoms with Gasteiger partial charge in [0.15, 0.2) is 0 Å². The molecule has 1 saturated heterocycles. The first-order chi connectivity index (χ1) is 10.8. The Morgan fingerprint density at radius 2 is 2.04 bits per heavy atom. The molecule has 2 aromatic rings. The van der Waals surface area contributed by atoms with E-state index in [4.69, 9.17) is 5.73 Å². The third-order valence-electron chi connectivity index (χ3n) is 4.23. The summed E-state index contributed by atoms with van der Waals surface area (Å²) in [4.78, 5) is 18.8. The molecule has 0 spiro atoms. The molecule has 0 aliphatic carbocycles. The van der Waals surface area contributed by atoms with Crippen LogP contribution >= 0.6 is 23.7 Å². The number of hydrogen-bond acceptors (Lipinski definition) is 4. The average molecular weight is 352 g/mol. The summed E-state index contributed by atoms with van der Waals surface area (Å²) in [6.07, 6.45) is 3.20. The largest absolute Gasteiger partial charge is 0.337 e. The first-order valence-corrected chi connectivity index (χ1v) is 8.64. The molecule has 6 heteroatoms. The van der Waals surface area contributed by atoms with Gasteiger partial charge >= 0.3 is 0 Å². The summed E-state index contributed by atoms with van der Waals surface area (Å²) in [5.74, 6) is 0.596. The molecule has 3 rings (SSSR count). The smallest absolute Gasteiger partial charge is 0.273 e. The van der Waals surface area contributed by atoms with Gasteiger partial charge in [-0.1, -0.05) is 30.3 Å². The molecule has 1 unspecified atom stereocenters. The second-order valence-electron chi connectivity index (χ2n) is 5.66. The van der Waals surface area contributed by atoms with Gasteiger partial charge in [-0.3, -0.25) is 4.79 Å². The highest BCUT2D eigenvalue weighted by atomic mass is 35.5. The second-order valence-corrected chi connectivity index (χ2v) is 6.60. The van der Waals surface area contributed by atoms with E-state index < -0.39 is 0 Å². The Kier molecular flexibility index (Phi) is 6.57. The molecule has 2 heterocycles. The van der Waals surface area contributed by atoms with E-state index in [1.807, 2.05) is 16.3 Å². The lowest BCUT2D eigenvalue weighted by Gasteiger charge is -2.19. The first kappa shape index (κ1) is 17.9. The maximum atomic E-state index is 12.6. The lowest BCUT2D eigenvalue weighted by atomic mass is 9.92. The molecular formula is C17H22ClN3OS. The van der Waals surface area contributed by atoms with Gasteiger partial charge in [0.25, 0.3) is 5.91 Å². The van der Waals surface area contributed by atoms with E-state index in [9.17, 15) is 4.79 Å². The zero-order valence-corrected chi connectivity index (χ0v) is 14.6. The van der Waals surface area contributed by atoms with E-state index in [1.54, 1.807) is 0 Å². The molecule has 4 nitrogen and oxygen atoms in total. The monoisotopic (exact) mass is 351 g/mol. The SMILES string of the molecule is Cl.NCc1nc(C(=O)N2CCCC(c3ccccc3)CC2)cs1. The van der Waals surface area contributed by atoms with E-state index in [-0.39, 0.29) is 18.3 Å².